The van der Waals surface area contributed by atoms with Crippen LogP contribution in [-0.2, 0) is 12.6 Å². The van der Waals surface area contributed by atoms with Crippen molar-refractivity contribution in [1.82, 2.24) is 20.4 Å². The maximum atomic E-state index is 12.9. The topological polar surface area (TPSA) is 80.5 Å². The summed E-state index contributed by atoms with van der Waals surface area (Å²) in [5.41, 5.74) is 0.533. The molecule has 3 aromatic rings. The van der Waals surface area contributed by atoms with Crippen LogP contribution in [0.1, 0.15) is 22.9 Å². The minimum absolute atomic E-state index is 0.0912. The van der Waals surface area contributed by atoms with Crippen molar-refractivity contribution in [3.8, 4) is 17.1 Å². The number of nitrogens with zero attached hydrogens (tertiary/aromatic N) is 3. The highest BCUT2D eigenvalue weighted by atomic mass is 19.4. The number of rotatable bonds is 6. The predicted molar refractivity (Wildman–Crippen MR) is 109 cm³/mol. The molecule has 1 aliphatic rings. The van der Waals surface area contributed by atoms with E-state index in [4.69, 9.17) is 9.26 Å². The van der Waals surface area contributed by atoms with Crippen LogP contribution in [0.3, 0.4) is 0 Å². The molecule has 1 aliphatic heterocycles. The van der Waals surface area contributed by atoms with Crippen molar-refractivity contribution in [3.05, 3.63) is 65.5 Å². The van der Waals surface area contributed by atoms with Crippen molar-refractivity contribution >= 4 is 6.03 Å². The smallest absolute Gasteiger partial charge is 0.416 e. The monoisotopic (exact) mass is 446 g/mol. The van der Waals surface area contributed by atoms with E-state index < -0.39 is 11.7 Å². The summed E-state index contributed by atoms with van der Waals surface area (Å²) in [6, 6.07) is 12.2. The molecular formula is C22H21F3N4O3. The number of carbonyl (C=O) groups excluding carboxylic acids is 1. The van der Waals surface area contributed by atoms with Crippen molar-refractivity contribution in [2.24, 2.45) is 0 Å². The molecule has 1 saturated heterocycles. The molecule has 0 saturated carbocycles. The summed E-state index contributed by atoms with van der Waals surface area (Å²) in [5, 5.41) is 6.66. The number of hydrogen-bond acceptors (Lipinski definition) is 5. The van der Waals surface area contributed by atoms with Crippen LogP contribution in [0.2, 0.25) is 0 Å². The number of benzene rings is 2. The predicted octanol–water partition coefficient (Wildman–Crippen LogP) is 4.12. The van der Waals surface area contributed by atoms with Crippen molar-refractivity contribution in [2.45, 2.75) is 18.5 Å². The number of nitrogens with one attached hydrogen (secondary N) is 1. The average Bonchev–Trinajstić information content (AvgIpc) is 3.22. The van der Waals surface area contributed by atoms with E-state index >= 15 is 0 Å². The Balaban J connectivity index is 1.26. The van der Waals surface area contributed by atoms with Gasteiger partial charge in [-0.3, -0.25) is 0 Å². The van der Waals surface area contributed by atoms with E-state index in [1.165, 1.54) is 12.1 Å². The van der Waals surface area contributed by atoms with Crippen molar-refractivity contribution in [3.63, 3.8) is 0 Å². The lowest BCUT2D eigenvalue weighted by molar-refractivity contribution is -0.137. The van der Waals surface area contributed by atoms with Crippen LogP contribution in [0.5, 0.6) is 5.75 Å². The minimum Gasteiger partial charge on any atom is -0.497 e. The minimum atomic E-state index is -4.45. The molecule has 2 heterocycles. The van der Waals surface area contributed by atoms with Crippen molar-refractivity contribution in [1.29, 1.82) is 0 Å². The third-order valence-electron chi connectivity index (χ3n) is 5.26. The molecule has 0 atom stereocenters. The number of alkyl halides is 3. The lowest BCUT2D eigenvalue weighted by Crippen LogP contribution is -2.52. The van der Waals surface area contributed by atoms with Gasteiger partial charge in [0.05, 0.1) is 18.6 Å². The van der Waals surface area contributed by atoms with E-state index in [0.717, 1.165) is 23.4 Å². The fraction of sp³-hybridized carbons (Fsp3) is 0.318. The van der Waals surface area contributed by atoms with E-state index in [0.29, 0.717) is 31.9 Å². The van der Waals surface area contributed by atoms with Gasteiger partial charge in [-0.15, -0.1) is 0 Å². The molecule has 0 bridgehead atoms. The van der Waals surface area contributed by atoms with Gasteiger partial charge in [0.2, 0.25) is 11.7 Å². The summed E-state index contributed by atoms with van der Waals surface area (Å²) in [6.07, 6.45) is -3.76. The molecule has 1 aromatic heterocycles. The highest BCUT2D eigenvalue weighted by Gasteiger charge is 2.36. The fourth-order valence-electron chi connectivity index (χ4n) is 3.37. The molecule has 2 aromatic carbocycles. The van der Waals surface area contributed by atoms with Crippen LogP contribution < -0.4 is 10.1 Å². The van der Waals surface area contributed by atoms with E-state index in [-0.39, 0.29) is 23.3 Å². The Morgan fingerprint density at radius 1 is 1.22 bits per heavy atom. The van der Waals surface area contributed by atoms with E-state index in [2.05, 4.69) is 15.5 Å². The van der Waals surface area contributed by atoms with Crippen LogP contribution in [0, 0.1) is 0 Å². The summed E-state index contributed by atoms with van der Waals surface area (Å²) in [5.74, 6) is 1.03. The standard InChI is InChI=1S/C22H21F3N4O3/c1-31-18-7-5-14(6-8-18)9-10-26-21(30)29-12-16(13-29)20-27-19(28-32-20)15-3-2-4-17(11-15)22(23,24)25/h2-8,11,16H,9-10,12-13H2,1H3,(H,26,30). The summed E-state index contributed by atoms with van der Waals surface area (Å²) in [7, 11) is 1.61. The van der Waals surface area contributed by atoms with Gasteiger partial charge in [-0.2, -0.15) is 18.2 Å². The second-order valence-electron chi connectivity index (χ2n) is 7.47. The molecule has 168 valence electrons. The van der Waals surface area contributed by atoms with E-state index in [1.54, 1.807) is 12.0 Å². The van der Waals surface area contributed by atoms with Crippen LogP contribution in [0.15, 0.2) is 53.1 Å². The van der Waals surface area contributed by atoms with Gasteiger partial charge in [0.1, 0.15) is 5.75 Å². The van der Waals surface area contributed by atoms with Crippen molar-refractivity contribution < 1.29 is 27.2 Å². The van der Waals surface area contributed by atoms with Gasteiger partial charge in [-0.25, -0.2) is 4.79 Å². The largest absolute Gasteiger partial charge is 0.497 e. The Hall–Kier alpha value is -3.56. The number of halogens is 3. The molecule has 32 heavy (non-hydrogen) atoms. The molecule has 4 rings (SSSR count). The van der Waals surface area contributed by atoms with Gasteiger partial charge < -0.3 is 19.5 Å². The van der Waals surface area contributed by atoms with Crippen LogP contribution in [0.4, 0.5) is 18.0 Å². The van der Waals surface area contributed by atoms with Gasteiger partial charge in [-0.05, 0) is 36.2 Å². The molecule has 0 spiro atoms. The fourth-order valence-corrected chi connectivity index (χ4v) is 3.37. The number of aromatic nitrogens is 2. The van der Waals surface area contributed by atoms with Gasteiger partial charge in [0, 0.05) is 25.2 Å². The first kappa shape index (κ1) is 21.7. The second-order valence-corrected chi connectivity index (χ2v) is 7.47. The zero-order valence-electron chi connectivity index (χ0n) is 17.2. The number of ether oxygens (including phenoxy) is 1. The highest BCUT2D eigenvalue weighted by Crippen LogP contribution is 2.32. The Kier molecular flexibility index (Phi) is 6.02. The molecule has 1 fully saturated rings. The van der Waals surface area contributed by atoms with Crippen molar-refractivity contribution in [2.75, 3.05) is 26.7 Å². The lowest BCUT2D eigenvalue weighted by Gasteiger charge is -2.36. The Morgan fingerprint density at radius 2 is 1.97 bits per heavy atom. The Morgan fingerprint density at radius 3 is 2.66 bits per heavy atom. The zero-order valence-corrected chi connectivity index (χ0v) is 17.2. The maximum Gasteiger partial charge on any atom is 0.416 e. The normalized spacial score (nSPS) is 14.2. The van der Waals surface area contributed by atoms with E-state index in [1.807, 2.05) is 24.3 Å². The first-order valence-electron chi connectivity index (χ1n) is 10.0. The van der Waals surface area contributed by atoms with Gasteiger partial charge in [0.15, 0.2) is 0 Å². The molecule has 0 radical (unpaired) electrons. The number of carbonyl (C=O) groups is 1. The molecule has 0 aliphatic carbocycles. The Bertz CT molecular complexity index is 1080. The van der Waals surface area contributed by atoms with Crippen LogP contribution in [0.25, 0.3) is 11.4 Å². The third kappa shape index (κ3) is 4.84. The van der Waals surface area contributed by atoms with E-state index in [9.17, 15) is 18.0 Å². The first-order valence-corrected chi connectivity index (χ1v) is 10.0. The number of likely N-dealkylation sites (tertiary alicyclic amines) is 1. The first-order chi connectivity index (χ1) is 15.3. The molecule has 1 N–H and O–H groups in total. The SMILES string of the molecule is COc1ccc(CCNC(=O)N2CC(c3nc(-c4cccc(C(F)(F)F)c4)no3)C2)cc1. The van der Waals surface area contributed by atoms with Gasteiger partial charge in [-0.1, -0.05) is 29.4 Å². The summed E-state index contributed by atoms with van der Waals surface area (Å²) in [4.78, 5) is 18.1. The van der Waals surface area contributed by atoms with Gasteiger partial charge in [0.25, 0.3) is 0 Å². The maximum absolute atomic E-state index is 12.9. The molecule has 0 unspecified atom stereocenters. The average molecular weight is 446 g/mol. The number of amides is 2. The highest BCUT2D eigenvalue weighted by molar-refractivity contribution is 5.75. The molecule has 2 amide bonds. The number of hydrogen-bond donors (Lipinski definition) is 1. The quantitative estimate of drug-likeness (QED) is 0.616. The summed E-state index contributed by atoms with van der Waals surface area (Å²) >= 11 is 0. The second kappa shape index (κ2) is 8.89. The zero-order chi connectivity index (χ0) is 22.7. The summed E-state index contributed by atoms with van der Waals surface area (Å²) in [6.45, 7) is 1.30. The molecule has 10 heteroatoms. The van der Waals surface area contributed by atoms with Crippen LogP contribution >= 0.6 is 0 Å². The Labute approximate surface area is 182 Å². The lowest BCUT2D eigenvalue weighted by atomic mass is 10.0. The summed E-state index contributed by atoms with van der Waals surface area (Å²) < 4.78 is 49.0. The third-order valence-corrected chi connectivity index (χ3v) is 5.26. The van der Waals surface area contributed by atoms with Crippen LogP contribution in [-0.4, -0.2) is 47.8 Å². The molecular weight excluding hydrogens is 425 g/mol. The number of urea groups is 1. The number of methoxy groups -OCH3 is 1. The van der Waals surface area contributed by atoms with Gasteiger partial charge >= 0.3 is 12.2 Å². The molecule has 7 nitrogen and oxygen atoms in total.